The van der Waals surface area contributed by atoms with Gasteiger partial charge in [0.05, 0.1) is 6.61 Å². The Hall–Kier alpha value is -2.56. The van der Waals surface area contributed by atoms with Crippen LogP contribution in [0.15, 0.2) is 48.5 Å². The second kappa shape index (κ2) is 7.89. The van der Waals surface area contributed by atoms with Gasteiger partial charge in [-0.05, 0) is 30.7 Å². The number of benzene rings is 1. The number of rotatable bonds is 7. The second-order valence-corrected chi connectivity index (χ2v) is 4.43. The number of pyridine rings is 1. The quantitative estimate of drug-likeness (QED) is 0.766. The van der Waals surface area contributed by atoms with Crippen molar-refractivity contribution in [3.8, 4) is 5.75 Å². The molecule has 2 aromatic rings. The summed E-state index contributed by atoms with van der Waals surface area (Å²) in [6.07, 6.45) is 0.742. The third-order valence-electron chi connectivity index (χ3n) is 2.86. The third kappa shape index (κ3) is 4.80. The fraction of sp³-hybridized carbons (Fsp3) is 0.250. The molecule has 0 saturated heterocycles. The van der Waals surface area contributed by atoms with Gasteiger partial charge in [-0.25, -0.2) is 4.98 Å². The van der Waals surface area contributed by atoms with Crippen molar-refractivity contribution in [2.45, 2.75) is 6.42 Å². The van der Waals surface area contributed by atoms with Crippen LogP contribution in [0.3, 0.4) is 0 Å². The van der Waals surface area contributed by atoms with E-state index in [1.165, 1.54) is 0 Å². The van der Waals surface area contributed by atoms with E-state index in [0.717, 1.165) is 12.2 Å². The van der Waals surface area contributed by atoms with Gasteiger partial charge in [0.15, 0.2) is 0 Å². The van der Waals surface area contributed by atoms with Crippen molar-refractivity contribution in [2.75, 3.05) is 25.5 Å². The Morgan fingerprint density at radius 1 is 1.14 bits per heavy atom. The fourth-order valence-electron chi connectivity index (χ4n) is 1.77. The van der Waals surface area contributed by atoms with E-state index in [9.17, 15) is 4.79 Å². The van der Waals surface area contributed by atoms with Gasteiger partial charge in [-0.3, -0.25) is 4.79 Å². The first-order valence-corrected chi connectivity index (χ1v) is 6.90. The number of amides is 1. The van der Waals surface area contributed by atoms with E-state index in [1.54, 1.807) is 19.2 Å². The number of carbonyl (C=O) groups is 1. The maximum Gasteiger partial charge on any atom is 0.269 e. The highest BCUT2D eigenvalue weighted by Gasteiger charge is 2.06. The Morgan fingerprint density at radius 2 is 1.95 bits per heavy atom. The molecule has 5 heteroatoms. The van der Waals surface area contributed by atoms with E-state index in [4.69, 9.17) is 4.74 Å². The lowest BCUT2D eigenvalue weighted by molar-refractivity contribution is 0.0946. The van der Waals surface area contributed by atoms with Crippen molar-refractivity contribution in [1.29, 1.82) is 0 Å². The molecule has 1 aromatic carbocycles. The lowest BCUT2D eigenvalue weighted by atomic mass is 10.3. The molecule has 0 atom stereocenters. The molecule has 0 bridgehead atoms. The Morgan fingerprint density at radius 3 is 2.71 bits per heavy atom. The normalized spacial score (nSPS) is 9.95. The molecule has 2 rings (SSSR count). The van der Waals surface area contributed by atoms with E-state index in [2.05, 4.69) is 15.6 Å². The van der Waals surface area contributed by atoms with E-state index < -0.39 is 0 Å². The number of aromatic nitrogens is 1. The van der Waals surface area contributed by atoms with Gasteiger partial charge in [0.1, 0.15) is 17.3 Å². The summed E-state index contributed by atoms with van der Waals surface area (Å²) < 4.78 is 5.55. The molecule has 0 aliphatic carbocycles. The van der Waals surface area contributed by atoms with E-state index >= 15 is 0 Å². The van der Waals surface area contributed by atoms with E-state index in [1.807, 2.05) is 36.4 Å². The van der Waals surface area contributed by atoms with Crippen molar-refractivity contribution in [3.63, 3.8) is 0 Å². The lowest BCUT2D eigenvalue weighted by Crippen LogP contribution is -2.26. The number of para-hydroxylation sites is 1. The van der Waals surface area contributed by atoms with Gasteiger partial charge in [0.25, 0.3) is 5.91 Å². The molecule has 0 unspecified atom stereocenters. The highest BCUT2D eigenvalue weighted by atomic mass is 16.5. The van der Waals surface area contributed by atoms with Crippen molar-refractivity contribution >= 4 is 11.7 Å². The lowest BCUT2D eigenvalue weighted by Gasteiger charge is -2.07. The first-order chi connectivity index (χ1) is 10.3. The largest absolute Gasteiger partial charge is 0.494 e. The molecule has 0 radical (unpaired) electrons. The number of hydrogen-bond donors (Lipinski definition) is 2. The summed E-state index contributed by atoms with van der Waals surface area (Å²) in [5.41, 5.74) is 0.408. The Kier molecular flexibility index (Phi) is 5.58. The van der Waals surface area contributed by atoms with Crippen LogP contribution >= 0.6 is 0 Å². The van der Waals surface area contributed by atoms with Gasteiger partial charge in [-0.2, -0.15) is 0 Å². The minimum Gasteiger partial charge on any atom is -0.494 e. The zero-order valence-electron chi connectivity index (χ0n) is 12.0. The van der Waals surface area contributed by atoms with Crippen LogP contribution < -0.4 is 15.4 Å². The van der Waals surface area contributed by atoms with Gasteiger partial charge >= 0.3 is 0 Å². The summed E-state index contributed by atoms with van der Waals surface area (Å²) >= 11 is 0. The van der Waals surface area contributed by atoms with Crippen LogP contribution in [0.5, 0.6) is 5.75 Å². The standard InChI is InChI=1S/C16H19N3O2/c1-17-15-10-5-9-14(19-15)16(20)18-11-6-12-21-13-7-3-2-4-8-13/h2-5,7-10H,6,11-12H2,1H3,(H,17,19)(H,18,20). The maximum atomic E-state index is 11.9. The van der Waals surface area contributed by atoms with Crippen molar-refractivity contribution < 1.29 is 9.53 Å². The van der Waals surface area contributed by atoms with Crippen molar-refractivity contribution in [3.05, 3.63) is 54.2 Å². The van der Waals surface area contributed by atoms with Gasteiger partial charge in [-0.1, -0.05) is 24.3 Å². The summed E-state index contributed by atoms with van der Waals surface area (Å²) in [6.45, 7) is 1.12. The molecule has 0 spiro atoms. The molecular weight excluding hydrogens is 266 g/mol. The Bertz CT molecular complexity index is 573. The zero-order chi connectivity index (χ0) is 14.9. The maximum absolute atomic E-state index is 11.9. The highest BCUT2D eigenvalue weighted by Crippen LogP contribution is 2.08. The number of ether oxygens (including phenoxy) is 1. The molecule has 0 fully saturated rings. The summed E-state index contributed by atoms with van der Waals surface area (Å²) in [7, 11) is 1.77. The van der Waals surface area contributed by atoms with Crippen LogP contribution in [0.25, 0.3) is 0 Å². The fourth-order valence-corrected chi connectivity index (χ4v) is 1.77. The molecule has 2 N–H and O–H groups in total. The minimum absolute atomic E-state index is 0.174. The number of hydrogen-bond acceptors (Lipinski definition) is 4. The first kappa shape index (κ1) is 14.8. The molecule has 1 heterocycles. The zero-order valence-corrected chi connectivity index (χ0v) is 12.0. The van der Waals surface area contributed by atoms with Crippen molar-refractivity contribution in [2.24, 2.45) is 0 Å². The average molecular weight is 285 g/mol. The molecule has 0 aliphatic heterocycles. The SMILES string of the molecule is CNc1cccc(C(=O)NCCCOc2ccccc2)n1. The monoisotopic (exact) mass is 285 g/mol. The minimum atomic E-state index is -0.174. The number of nitrogens with one attached hydrogen (secondary N) is 2. The molecule has 0 saturated carbocycles. The van der Waals surface area contributed by atoms with Gasteiger partial charge in [0, 0.05) is 13.6 Å². The molecule has 1 amide bonds. The number of carbonyl (C=O) groups excluding carboxylic acids is 1. The predicted octanol–water partition coefficient (Wildman–Crippen LogP) is 2.32. The van der Waals surface area contributed by atoms with Crippen LogP contribution in [0.2, 0.25) is 0 Å². The molecule has 1 aromatic heterocycles. The second-order valence-electron chi connectivity index (χ2n) is 4.43. The van der Waals surface area contributed by atoms with Crippen LogP contribution in [-0.2, 0) is 0 Å². The number of nitrogens with zero attached hydrogens (tertiary/aromatic N) is 1. The van der Waals surface area contributed by atoms with Crippen LogP contribution in [0, 0.1) is 0 Å². The highest BCUT2D eigenvalue weighted by molar-refractivity contribution is 5.92. The Labute approximate surface area is 124 Å². The summed E-state index contributed by atoms with van der Waals surface area (Å²) in [6, 6.07) is 14.9. The molecule has 21 heavy (non-hydrogen) atoms. The van der Waals surface area contributed by atoms with E-state index in [0.29, 0.717) is 24.7 Å². The molecular formula is C16H19N3O2. The molecule has 5 nitrogen and oxygen atoms in total. The van der Waals surface area contributed by atoms with Crippen molar-refractivity contribution in [1.82, 2.24) is 10.3 Å². The van der Waals surface area contributed by atoms with Crippen LogP contribution in [0.1, 0.15) is 16.9 Å². The van der Waals surface area contributed by atoms with Gasteiger partial charge < -0.3 is 15.4 Å². The summed E-state index contributed by atoms with van der Waals surface area (Å²) in [4.78, 5) is 16.1. The summed E-state index contributed by atoms with van der Waals surface area (Å²) in [5, 5.41) is 5.73. The van der Waals surface area contributed by atoms with Crippen LogP contribution in [-0.4, -0.2) is 31.1 Å². The Balaban J connectivity index is 1.69. The van der Waals surface area contributed by atoms with Gasteiger partial charge in [0.2, 0.25) is 0 Å². The van der Waals surface area contributed by atoms with E-state index in [-0.39, 0.29) is 5.91 Å². The first-order valence-electron chi connectivity index (χ1n) is 6.90. The van der Waals surface area contributed by atoms with Gasteiger partial charge in [-0.15, -0.1) is 0 Å². The topological polar surface area (TPSA) is 63.2 Å². The molecule has 0 aliphatic rings. The number of anilines is 1. The van der Waals surface area contributed by atoms with Crippen LogP contribution in [0.4, 0.5) is 5.82 Å². The third-order valence-corrected chi connectivity index (χ3v) is 2.86. The molecule has 110 valence electrons. The average Bonchev–Trinajstić information content (AvgIpc) is 2.55. The smallest absolute Gasteiger partial charge is 0.269 e. The summed E-state index contributed by atoms with van der Waals surface area (Å²) in [5.74, 6) is 1.34. The predicted molar refractivity (Wildman–Crippen MR) is 82.7 cm³/mol.